The lowest BCUT2D eigenvalue weighted by Gasteiger charge is -2.06. The molecule has 0 aliphatic carbocycles. The summed E-state index contributed by atoms with van der Waals surface area (Å²) in [4.78, 5) is 22.5. The van der Waals surface area contributed by atoms with Crippen LogP contribution < -0.4 is 4.74 Å². The van der Waals surface area contributed by atoms with Gasteiger partial charge in [0.2, 0.25) is 0 Å². The van der Waals surface area contributed by atoms with Crippen molar-refractivity contribution < 1.29 is 14.6 Å². The molecule has 1 aromatic heterocycles. The molecule has 3 aromatic rings. The van der Waals surface area contributed by atoms with Crippen LogP contribution in [0.3, 0.4) is 0 Å². The molecule has 0 amide bonds. The minimum Gasteiger partial charge on any atom is -0.482 e. The largest absolute Gasteiger partial charge is 0.482 e. The molecule has 0 aliphatic rings. The molecule has 0 saturated carbocycles. The number of fused-ring (bicyclic) bond motifs is 1. The average Bonchev–Trinajstić information content (AvgIpc) is 2.53. The highest BCUT2D eigenvalue weighted by Crippen LogP contribution is 2.25. The van der Waals surface area contributed by atoms with Gasteiger partial charge in [0.15, 0.2) is 12.4 Å². The van der Waals surface area contributed by atoms with E-state index in [0.29, 0.717) is 11.6 Å². The monoisotopic (exact) mass is 281 g/mol. The van der Waals surface area contributed by atoms with Gasteiger partial charge in [-0.15, -0.1) is 0 Å². The number of ether oxygens (including phenoxy) is 1. The molecule has 0 saturated heterocycles. The molecule has 2 aromatic carbocycles. The summed E-state index contributed by atoms with van der Waals surface area (Å²) in [6.45, 7) is -0.353. The van der Waals surface area contributed by atoms with Gasteiger partial charge in [0.25, 0.3) is 0 Å². The van der Waals surface area contributed by atoms with Gasteiger partial charge in [-0.2, -0.15) is 0 Å². The van der Waals surface area contributed by atoms with Crippen LogP contribution in [0.25, 0.3) is 22.2 Å². The lowest BCUT2D eigenvalue weighted by molar-refractivity contribution is -0.139. The summed E-state index contributed by atoms with van der Waals surface area (Å²) in [7, 11) is 0. The number of aromatic nitrogens is 3. The number of benzene rings is 2. The van der Waals surface area contributed by atoms with E-state index in [4.69, 9.17) is 9.84 Å². The van der Waals surface area contributed by atoms with Crippen LogP contribution in [0.1, 0.15) is 0 Å². The first-order chi connectivity index (χ1) is 10.2. The van der Waals surface area contributed by atoms with Gasteiger partial charge in [-0.1, -0.05) is 18.2 Å². The molecular formula is C15H11N3O3. The summed E-state index contributed by atoms with van der Waals surface area (Å²) in [6, 6.07) is 11.2. The highest BCUT2D eigenvalue weighted by molar-refractivity contribution is 5.87. The molecule has 0 atom stereocenters. The number of rotatable bonds is 4. The predicted molar refractivity (Wildman–Crippen MR) is 75.9 cm³/mol. The zero-order valence-electron chi connectivity index (χ0n) is 10.9. The number of hydrogen-bond acceptors (Lipinski definition) is 5. The van der Waals surface area contributed by atoms with Crippen molar-refractivity contribution in [2.24, 2.45) is 0 Å². The van der Waals surface area contributed by atoms with Crippen LogP contribution in [-0.4, -0.2) is 32.6 Å². The molecule has 21 heavy (non-hydrogen) atoms. The molecule has 0 bridgehead atoms. The Morgan fingerprint density at radius 3 is 2.52 bits per heavy atom. The number of carboxylic acid groups (broad SMARTS) is 1. The van der Waals surface area contributed by atoms with Crippen molar-refractivity contribution in [2.45, 2.75) is 0 Å². The smallest absolute Gasteiger partial charge is 0.341 e. The summed E-state index contributed by atoms with van der Waals surface area (Å²) >= 11 is 0. The third-order valence-corrected chi connectivity index (χ3v) is 2.93. The van der Waals surface area contributed by atoms with Crippen LogP contribution >= 0.6 is 0 Å². The standard InChI is InChI=1S/C15H11N3O3/c19-14(20)7-21-13-4-3-10-5-12(2-1-11(10)6-13)15-17-8-16-9-18-15/h1-6,8-9H,7H2,(H,19,20). The normalized spacial score (nSPS) is 10.5. The summed E-state index contributed by atoms with van der Waals surface area (Å²) in [5, 5.41) is 10.6. The van der Waals surface area contributed by atoms with E-state index in [9.17, 15) is 4.79 Å². The first-order valence-corrected chi connectivity index (χ1v) is 6.23. The van der Waals surface area contributed by atoms with Crippen molar-refractivity contribution in [2.75, 3.05) is 6.61 Å². The average molecular weight is 281 g/mol. The van der Waals surface area contributed by atoms with Crippen molar-refractivity contribution in [3.05, 3.63) is 49.1 Å². The predicted octanol–water partition coefficient (Wildman–Crippen LogP) is 2.16. The SMILES string of the molecule is O=C(O)COc1ccc2cc(-c3ncncn3)ccc2c1. The quantitative estimate of drug-likeness (QED) is 0.788. The van der Waals surface area contributed by atoms with Gasteiger partial charge in [-0.3, -0.25) is 0 Å². The maximum absolute atomic E-state index is 10.5. The van der Waals surface area contributed by atoms with Gasteiger partial charge in [0, 0.05) is 5.56 Å². The zero-order chi connectivity index (χ0) is 14.7. The zero-order valence-corrected chi connectivity index (χ0v) is 10.9. The maximum Gasteiger partial charge on any atom is 0.341 e. The maximum atomic E-state index is 10.5. The molecule has 3 rings (SSSR count). The first-order valence-electron chi connectivity index (χ1n) is 6.23. The van der Waals surface area contributed by atoms with Gasteiger partial charge in [0.1, 0.15) is 18.4 Å². The molecule has 1 heterocycles. The first kappa shape index (κ1) is 13.0. The fraction of sp³-hybridized carbons (Fsp3) is 0.0667. The minimum absolute atomic E-state index is 0.353. The third-order valence-electron chi connectivity index (χ3n) is 2.93. The van der Waals surface area contributed by atoms with Crippen LogP contribution in [0.4, 0.5) is 0 Å². The van der Waals surface area contributed by atoms with Gasteiger partial charge in [-0.25, -0.2) is 19.7 Å². The molecule has 6 nitrogen and oxygen atoms in total. The van der Waals surface area contributed by atoms with Crippen LogP contribution in [0, 0.1) is 0 Å². The van der Waals surface area contributed by atoms with Crippen LogP contribution in [-0.2, 0) is 4.79 Å². The number of nitrogens with zero attached hydrogens (tertiary/aromatic N) is 3. The summed E-state index contributed by atoms with van der Waals surface area (Å²) in [5.74, 6) is 0.135. The Morgan fingerprint density at radius 1 is 1.05 bits per heavy atom. The second-order valence-corrected chi connectivity index (χ2v) is 4.37. The number of hydrogen-bond donors (Lipinski definition) is 1. The molecule has 6 heteroatoms. The summed E-state index contributed by atoms with van der Waals surface area (Å²) in [5.41, 5.74) is 0.893. The van der Waals surface area contributed by atoms with Crippen LogP contribution in [0.5, 0.6) is 5.75 Å². The van der Waals surface area contributed by atoms with Crippen LogP contribution in [0.2, 0.25) is 0 Å². The Morgan fingerprint density at radius 2 is 1.76 bits per heavy atom. The van der Waals surface area contributed by atoms with E-state index < -0.39 is 5.97 Å². The van der Waals surface area contributed by atoms with E-state index in [1.54, 1.807) is 12.1 Å². The Bertz CT molecular complexity index is 791. The van der Waals surface area contributed by atoms with E-state index in [-0.39, 0.29) is 6.61 Å². The van der Waals surface area contributed by atoms with Gasteiger partial charge in [-0.05, 0) is 29.0 Å². The summed E-state index contributed by atoms with van der Waals surface area (Å²) < 4.78 is 5.16. The van der Waals surface area contributed by atoms with Crippen LogP contribution in [0.15, 0.2) is 49.1 Å². The molecule has 0 spiro atoms. The van der Waals surface area contributed by atoms with Gasteiger partial charge in [0.05, 0.1) is 0 Å². The highest BCUT2D eigenvalue weighted by atomic mass is 16.5. The Balaban J connectivity index is 1.93. The number of carboxylic acids is 1. The minimum atomic E-state index is -1.000. The van der Waals surface area contributed by atoms with Crippen molar-refractivity contribution >= 4 is 16.7 Å². The van der Waals surface area contributed by atoms with E-state index >= 15 is 0 Å². The fourth-order valence-corrected chi connectivity index (χ4v) is 1.99. The lowest BCUT2D eigenvalue weighted by Crippen LogP contribution is -2.09. The van der Waals surface area contributed by atoms with Crippen molar-refractivity contribution in [1.82, 2.24) is 15.0 Å². The Hall–Kier alpha value is -3.02. The van der Waals surface area contributed by atoms with E-state index in [2.05, 4.69) is 15.0 Å². The fourth-order valence-electron chi connectivity index (χ4n) is 1.99. The van der Waals surface area contributed by atoms with Crippen molar-refractivity contribution in [3.8, 4) is 17.1 Å². The summed E-state index contributed by atoms with van der Waals surface area (Å²) in [6.07, 6.45) is 2.91. The van der Waals surface area contributed by atoms with Gasteiger partial charge >= 0.3 is 5.97 Å². The number of carbonyl (C=O) groups is 1. The highest BCUT2D eigenvalue weighted by Gasteiger charge is 2.04. The second kappa shape index (κ2) is 5.54. The van der Waals surface area contributed by atoms with Crippen molar-refractivity contribution in [1.29, 1.82) is 0 Å². The molecule has 1 N–H and O–H groups in total. The third kappa shape index (κ3) is 2.94. The van der Waals surface area contributed by atoms with Crippen molar-refractivity contribution in [3.63, 3.8) is 0 Å². The Labute approximate surface area is 120 Å². The molecule has 0 aliphatic heterocycles. The number of aliphatic carboxylic acids is 1. The van der Waals surface area contributed by atoms with E-state index in [1.807, 2.05) is 24.3 Å². The molecule has 104 valence electrons. The Kier molecular flexibility index (Phi) is 3.42. The lowest BCUT2D eigenvalue weighted by atomic mass is 10.1. The van der Waals surface area contributed by atoms with E-state index in [0.717, 1.165) is 16.3 Å². The molecule has 0 unspecified atom stereocenters. The van der Waals surface area contributed by atoms with Gasteiger partial charge < -0.3 is 9.84 Å². The molecule has 0 radical (unpaired) electrons. The molecular weight excluding hydrogens is 270 g/mol. The second-order valence-electron chi connectivity index (χ2n) is 4.37. The van der Waals surface area contributed by atoms with E-state index in [1.165, 1.54) is 12.7 Å². The topological polar surface area (TPSA) is 85.2 Å². The molecule has 0 fully saturated rings.